The van der Waals surface area contributed by atoms with Crippen LogP contribution in [0.25, 0.3) is 11.1 Å². The van der Waals surface area contributed by atoms with Crippen LogP contribution in [0, 0.1) is 17.0 Å². The summed E-state index contributed by atoms with van der Waals surface area (Å²) in [5.74, 6) is -5.02. The number of carbonyl (C=O) groups excluding carboxylic acids is 6. The molecule has 3 aromatic rings. The third kappa shape index (κ3) is 21.1. The van der Waals surface area contributed by atoms with Gasteiger partial charge in [-0.05, 0) is 48.2 Å². The number of ether oxygens (including phenoxy) is 4. The van der Waals surface area contributed by atoms with Gasteiger partial charge < -0.3 is 55.2 Å². The van der Waals surface area contributed by atoms with Gasteiger partial charge in [-0.1, -0.05) is 51.1 Å². The largest absolute Gasteiger partial charge is 0.481 e. The van der Waals surface area contributed by atoms with Gasteiger partial charge in [0.15, 0.2) is 0 Å². The van der Waals surface area contributed by atoms with Gasteiger partial charge in [-0.2, -0.15) is 0 Å². The van der Waals surface area contributed by atoms with Crippen molar-refractivity contribution in [1.29, 1.82) is 0 Å². The van der Waals surface area contributed by atoms with Crippen molar-refractivity contribution in [3.05, 3.63) is 95.8 Å². The van der Waals surface area contributed by atoms with Crippen LogP contribution in [-0.4, -0.2) is 164 Å². The molecule has 0 spiro atoms. The second-order valence-corrected chi connectivity index (χ2v) is 19.0. The first-order valence-corrected chi connectivity index (χ1v) is 25.3. The molecule has 400 valence electrons. The van der Waals surface area contributed by atoms with E-state index in [9.17, 15) is 38.0 Å². The third-order valence-corrected chi connectivity index (χ3v) is 12.1. The van der Waals surface area contributed by atoms with E-state index in [1.54, 1.807) is 17.2 Å². The number of carboxylic acids is 1. The van der Waals surface area contributed by atoms with Crippen LogP contribution in [0.3, 0.4) is 0 Å². The van der Waals surface area contributed by atoms with Crippen molar-refractivity contribution in [1.82, 2.24) is 30.3 Å². The summed E-state index contributed by atoms with van der Waals surface area (Å²) in [5.41, 5.74) is 7.56. The van der Waals surface area contributed by atoms with Gasteiger partial charge in [0.1, 0.15) is 17.7 Å². The summed E-state index contributed by atoms with van der Waals surface area (Å²) in [6.07, 6.45) is 4.11. The second-order valence-electron chi connectivity index (χ2n) is 17.9. The molecule has 19 nitrogen and oxygen atoms in total. The van der Waals surface area contributed by atoms with Crippen LogP contribution in [0.15, 0.2) is 72.9 Å². The average molecular weight is 1040 g/mol. The molecule has 2 aromatic carbocycles. The molecule has 1 aliphatic heterocycles. The number of benzene rings is 2. The standard InChI is InChI=1S/C51H69F2N7O12S/c1-51(2,3)49(42-30-37(39-31-38(52)10-11-40(39)53)33-58(42)32-36-8-5-4-6-9-36)60(20-7-17-54)47(65)35-73-34-41(50(68)56-18-14-48(66)67)57-44(62)16-22-69-24-26-71-28-29-72-27-25-70-23-19-55-43(61)15-21-59-45(63)12-13-46(59)64/h4-6,8-13,30-31,33,41,49H,7,14-29,32,34-35,54H2,1-3H3,(H,55,61)(H,56,68)(H,57,62)(H,66,67)/t41-,49-/m0/s1. The lowest BCUT2D eigenvalue weighted by molar-refractivity contribution is -0.138. The van der Waals surface area contributed by atoms with E-state index in [4.69, 9.17) is 29.8 Å². The molecular weight excluding hydrogens is 973 g/mol. The minimum atomic E-state index is -1.12. The number of halogens is 2. The first-order valence-electron chi connectivity index (χ1n) is 24.1. The minimum absolute atomic E-state index is 0.00441. The Hall–Kier alpha value is -6.04. The number of rotatable bonds is 35. The highest BCUT2D eigenvalue weighted by molar-refractivity contribution is 8.00. The number of amides is 6. The molecule has 0 aliphatic carbocycles. The Morgan fingerprint density at radius 3 is 2.07 bits per heavy atom. The molecule has 22 heteroatoms. The number of aromatic nitrogens is 1. The third-order valence-electron chi connectivity index (χ3n) is 11.1. The number of hydrogen-bond donors (Lipinski definition) is 5. The van der Waals surface area contributed by atoms with Crippen LogP contribution >= 0.6 is 11.8 Å². The van der Waals surface area contributed by atoms with Crippen molar-refractivity contribution >= 4 is 53.2 Å². The Morgan fingerprint density at radius 1 is 0.795 bits per heavy atom. The fourth-order valence-electron chi connectivity index (χ4n) is 7.63. The van der Waals surface area contributed by atoms with E-state index in [-0.39, 0.29) is 127 Å². The summed E-state index contributed by atoms with van der Waals surface area (Å²) < 4.78 is 53.6. The lowest BCUT2D eigenvalue weighted by Crippen LogP contribution is -2.49. The van der Waals surface area contributed by atoms with E-state index >= 15 is 4.39 Å². The molecule has 6 N–H and O–H groups in total. The quantitative estimate of drug-likeness (QED) is 0.0419. The SMILES string of the molecule is CC(C)(C)[C@H](c1cc(-c2cc(F)ccc2F)cn1Cc1ccccc1)N(CCCN)C(=O)CSC[C@H](NC(=O)CCOCCOCCOCCOCCNC(=O)CCN1C(=O)C=CC1=O)C(=O)NCCC(=O)O. The van der Waals surface area contributed by atoms with E-state index in [1.807, 2.05) is 55.7 Å². The number of carbonyl (C=O) groups is 7. The highest BCUT2D eigenvalue weighted by atomic mass is 32.2. The number of nitrogens with zero attached hydrogens (tertiary/aromatic N) is 3. The molecule has 1 aromatic heterocycles. The summed E-state index contributed by atoms with van der Waals surface area (Å²) >= 11 is 1.12. The average Bonchev–Trinajstić information content (AvgIpc) is 3.90. The Labute approximate surface area is 428 Å². The Morgan fingerprint density at radius 2 is 1.44 bits per heavy atom. The minimum Gasteiger partial charge on any atom is -0.481 e. The number of imide groups is 1. The van der Waals surface area contributed by atoms with Crippen LogP contribution in [0.4, 0.5) is 8.78 Å². The molecule has 6 amide bonds. The monoisotopic (exact) mass is 1040 g/mol. The maximum Gasteiger partial charge on any atom is 0.305 e. The fourth-order valence-corrected chi connectivity index (χ4v) is 8.55. The van der Waals surface area contributed by atoms with Gasteiger partial charge in [-0.15, -0.1) is 11.8 Å². The predicted molar refractivity (Wildman–Crippen MR) is 269 cm³/mol. The first kappa shape index (κ1) is 59.5. The summed E-state index contributed by atoms with van der Waals surface area (Å²) in [6, 6.07) is 13.0. The Kier molecular flexibility index (Phi) is 25.7. The van der Waals surface area contributed by atoms with Crippen molar-refractivity contribution in [3.63, 3.8) is 0 Å². The molecule has 0 saturated carbocycles. The molecule has 1 aliphatic rings. The summed E-state index contributed by atoms with van der Waals surface area (Å²) in [5, 5.41) is 17.0. The van der Waals surface area contributed by atoms with Gasteiger partial charge in [0, 0.05) is 86.5 Å². The fraction of sp³-hybridized carbons (Fsp3) is 0.510. The predicted octanol–water partition coefficient (Wildman–Crippen LogP) is 3.44. The Balaban J connectivity index is 1.24. The molecule has 4 rings (SSSR count). The maximum absolute atomic E-state index is 15.2. The number of carboxylic acid groups (broad SMARTS) is 1. The van der Waals surface area contributed by atoms with Crippen molar-refractivity contribution in [2.75, 3.05) is 97.1 Å². The number of thioether (sulfide) groups is 1. The highest BCUT2D eigenvalue weighted by Crippen LogP contribution is 2.41. The molecule has 0 saturated heterocycles. The van der Waals surface area contributed by atoms with Crippen LogP contribution in [-0.2, 0) is 59.1 Å². The zero-order valence-corrected chi connectivity index (χ0v) is 42.6. The number of nitrogens with two attached hydrogens (primary N) is 1. The van der Waals surface area contributed by atoms with Crippen LogP contribution in [0.5, 0.6) is 0 Å². The molecule has 2 heterocycles. The molecule has 2 atom stereocenters. The van der Waals surface area contributed by atoms with Gasteiger partial charge in [-0.3, -0.25) is 38.5 Å². The maximum atomic E-state index is 15.2. The van der Waals surface area contributed by atoms with Crippen molar-refractivity contribution < 1.29 is 66.4 Å². The summed E-state index contributed by atoms with van der Waals surface area (Å²) in [4.78, 5) is 89.7. The Bertz CT molecular complexity index is 2300. The van der Waals surface area contributed by atoms with Crippen LogP contribution in [0.2, 0.25) is 0 Å². The van der Waals surface area contributed by atoms with Gasteiger partial charge in [0.25, 0.3) is 11.8 Å². The topological polar surface area (TPSA) is 250 Å². The molecule has 0 fully saturated rings. The van der Waals surface area contributed by atoms with E-state index in [0.29, 0.717) is 30.8 Å². The molecule has 0 unspecified atom stereocenters. The highest BCUT2D eigenvalue weighted by Gasteiger charge is 2.37. The smallest absolute Gasteiger partial charge is 0.305 e. The van der Waals surface area contributed by atoms with E-state index < -0.39 is 58.7 Å². The zero-order chi connectivity index (χ0) is 53.2. The molecular formula is C51H69F2N7O12S. The zero-order valence-electron chi connectivity index (χ0n) is 41.7. The van der Waals surface area contributed by atoms with E-state index in [0.717, 1.165) is 52.6 Å². The molecule has 73 heavy (non-hydrogen) atoms. The van der Waals surface area contributed by atoms with Gasteiger partial charge in [-0.25, -0.2) is 8.78 Å². The van der Waals surface area contributed by atoms with Crippen molar-refractivity contribution in [2.45, 2.75) is 65.1 Å². The lowest BCUT2D eigenvalue weighted by atomic mass is 9.83. The van der Waals surface area contributed by atoms with Gasteiger partial charge in [0.05, 0.1) is 71.1 Å². The normalized spacial score (nSPS) is 13.3. The van der Waals surface area contributed by atoms with E-state index in [1.165, 1.54) is 0 Å². The van der Waals surface area contributed by atoms with E-state index in [2.05, 4.69) is 16.0 Å². The van der Waals surface area contributed by atoms with Crippen LogP contribution in [0.1, 0.15) is 63.8 Å². The summed E-state index contributed by atoms with van der Waals surface area (Å²) in [6.45, 7) is 8.81. The van der Waals surface area contributed by atoms with Gasteiger partial charge >= 0.3 is 5.97 Å². The van der Waals surface area contributed by atoms with Crippen molar-refractivity contribution in [3.8, 4) is 11.1 Å². The number of hydrogen-bond acceptors (Lipinski definition) is 13. The van der Waals surface area contributed by atoms with Gasteiger partial charge in [0.2, 0.25) is 23.6 Å². The number of nitrogens with one attached hydrogen (secondary N) is 3. The molecule has 0 bridgehead atoms. The van der Waals surface area contributed by atoms with Crippen molar-refractivity contribution in [2.24, 2.45) is 11.1 Å². The van der Waals surface area contributed by atoms with Crippen LogP contribution < -0.4 is 21.7 Å². The molecule has 0 radical (unpaired) electrons. The first-order chi connectivity index (χ1) is 35.0. The lowest BCUT2D eigenvalue weighted by Gasteiger charge is -2.41. The number of aliphatic carboxylic acids is 1. The summed E-state index contributed by atoms with van der Waals surface area (Å²) in [7, 11) is 0. The second kappa shape index (κ2) is 31.5.